The molecule has 2 fully saturated rings. The van der Waals surface area contributed by atoms with E-state index in [4.69, 9.17) is 10.5 Å². The summed E-state index contributed by atoms with van der Waals surface area (Å²) < 4.78 is 19.5. The smallest absolute Gasteiger partial charge is 0.224 e. The average molecular weight is 329 g/mol. The fourth-order valence-electron chi connectivity index (χ4n) is 3.02. The Hall–Kier alpha value is -1.17. The van der Waals surface area contributed by atoms with Gasteiger partial charge in [0.1, 0.15) is 11.9 Å². The zero-order valence-electron chi connectivity index (χ0n) is 12.5. The van der Waals surface area contributed by atoms with Crippen molar-refractivity contribution in [3.05, 3.63) is 35.6 Å². The molecule has 122 valence electrons. The molecule has 0 radical (unpaired) electrons. The molecule has 1 aliphatic carbocycles. The maximum absolute atomic E-state index is 13.8. The van der Waals surface area contributed by atoms with Crippen molar-refractivity contribution in [2.75, 3.05) is 19.7 Å². The molecule has 1 unspecified atom stereocenters. The summed E-state index contributed by atoms with van der Waals surface area (Å²) in [6.45, 7) is 1.39. The summed E-state index contributed by atoms with van der Waals surface area (Å²) >= 11 is 0. The number of carbonyl (C=O) groups is 1. The minimum absolute atomic E-state index is 0. The van der Waals surface area contributed by atoms with E-state index in [9.17, 15) is 9.18 Å². The number of carbonyl (C=O) groups excluding carboxylic acids is 1. The number of rotatable bonds is 3. The second-order valence-electron chi connectivity index (χ2n) is 6.11. The van der Waals surface area contributed by atoms with Gasteiger partial charge in [-0.05, 0) is 25.3 Å². The van der Waals surface area contributed by atoms with Crippen LogP contribution in [0.15, 0.2) is 24.3 Å². The number of halogens is 2. The van der Waals surface area contributed by atoms with Crippen molar-refractivity contribution in [2.24, 2.45) is 5.73 Å². The van der Waals surface area contributed by atoms with Crippen molar-refractivity contribution in [3.63, 3.8) is 0 Å². The fraction of sp³-hybridized carbons (Fsp3) is 0.562. The van der Waals surface area contributed by atoms with Crippen molar-refractivity contribution in [3.8, 4) is 0 Å². The largest absolute Gasteiger partial charge is 0.370 e. The first-order valence-electron chi connectivity index (χ1n) is 7.50. The molecule has 1 saturated heterocycles. The highest BCUT2D eigenvalue weighted by Gasteiger charge is 2.37. The van der Waals surface area contributed by atoms with Crippen LogP contribution in [0.1, 0.15) is 37.4 Å². The lowest BCUT2D eigenvalue weighted by atomic mass is 9.75. The molecular formula is C16H22ClFN2O2. The van der Waals surface area contributed by atoms with E-state index in [0.717, 1.165) is 19.3 Å². The summed E-state index contributed by atoms with van der Waals surface area (Å²) in [6.07, 6.45) is 2.93. The molecule has 1 aromatic rings. The van der Waals surface area contributed by atoms with Crippen molar-refractivity contribution in [1.29, 1.82) is 0 Å². The van der Waals surface area contributed by atoms with E-state index in [1.165, 1.54) is 6.07 Å². The van der Waals surface area contributed by atoms with Crippen LogP contribution in [-0.2, 0) is 9.53 Å². The molecule has 4 nitrogen and oxygen atoms in total. The number of morpholine rings is 1. The molecular weight excluding hydrogens is 307 g/mol. The standard InChI is InChI=1S/C16H21FN2O2.ClH/c17-13-5-2-1-4-12(13)14-11-19(8-9-21-14)15(20)10-16(18)6-3-7-16;/h1-2,4-5,14H,3,6-11,18H2;1H. The summed E-state index contributed by atoms with van der Waals surface area (Å²) in [5.41, 5.74) is 6.34. The molecule has 1 amide bonds. The monoisotopic (exact) mass is 328 g/mol. The van der Waals surface area contributed by atoms with Gasteiger partial charge in [-0.15, -0.1) is 12.4 Å². The van der Waals surface area contributed by atoms with Crippen LogP contribution in [0.2, 0.25) is 0 Å². The molecule has 0 bridgehead atoms. The van der Waals surface area contributed by atoms with Gasteiger partial charge in [0, 0.05) is 24.1 Å². The molecule has 1 aliphatic heterocycles. The minimum atomic E-state index is -0.390. The van der Waals surface area contributed by atoms with Gasteiger partial charge in [0.15, 0.2) is 0 Å². The molecule has 1 heterocycles. The van der Waals surface area contributed by atoms with Crippen LogP contribution < -0.4 is 5.73 Å². The van der Waals surface area contributed by atoms with Gasteiger partial charge in [-0.2, -0.15) is 0 Å². The van der Waals surface area contributed by atoms with Gasteiger partial charge in [-0.1, -0.05) is 18.2 Å². The molecule has 0 spiro atoms. The summed E-state index contributed by atoms with van der Waals surface area (Å²) in [5, 5.41) is 0. The van der Waals surface area contributed by atoms with Crippen molar-refractivity contribution in [1.82, 2.24) is 4.90 Å². The van der Waals surface area contributed by atoms with Crippen LogP contribution in [0.5, 0.6) is 0 Å². The van der Waals surface area contributed by atoms with Gasteiger partial charge in [-0.25, -0.2) is 4.39 Å². The number of hydrogen-bond acceptors (Lipinski definition) is 3. The van der Waals surface area contributed by atoms with E-state index in [2.05, 4.69) is 0 Å². The summed E-state index contributed by atoms with van der Waals surface area (Å²) in [7, 11) is 0. The fourth-order valence-corrected chi connectivity index (χ4v) is 3.02. The lowest BCUT2D eigenvalue weighted by molar-refractivity contribution is -0.141. The van der Waals surface area contributed by atoms with Gasteiger partial charge < -0.3 is 15.4 Å². The molecule has 3 rings (SSSR count). The van der Waals surface area contributed by atoms with Gasteiger partial charge in [0.05, 0.1) is 13.2 Å². The molecule has 1 saturated carbocycles. The maximum atomic E-state index is 13.8. The number of amides is 1. The second kappa shape index (κ2) is 6.94. The third kappa shape index (κ3) is 3.59. The SMILES string of the molecule is Cl.NC1(CC(=O)N2CCOC(c3ccccc3F)C2)CCC1. The van der Waals surface area contributed by atoms with E-state index >= 15 is 0 Å². The highest BCUT2D eigenvalue weighted by Crippen LogP contribution is 2.33. The van der Waals surface area contributed by atoms with Gasteiger partial charge in [-0.3, -0.25) is 4.79 Å². The first kappa shape index (κ1) is 17.2. The molecule has 1 aromatic carbocycles. The van der Waals surface area contributed by atoms with Crippen LogP contribution >= 0.6 is 12.4 Å². The van der Waals surface area contributed by atoms with E-state index in [-0.39, 0.29) is 35.8 Å². The molecule has 6 heteroatoms. The van der Waals surface area contributed by atoms with E-state index in [1.807, 2.05) is 0 Å². The summed E-state index contributed by atoms with van der Waals surface area (Å²) in [6, 6.07) is 6.57. The highest BCUT2D eigenvalue weighted by atomic mass is 35.5. The quantitative estimate of drug-likeness (QED) is 0.927. The van der Waals surface area contributed by atoms with Crippen LogP contribution in [-0.4, -0.2) is 36.0 Å². The Balaban J connectivity index is 0.00000176. The highest BCUT2D eigenvalue weighted by molar-refractivity contribution is 5.85. The van der Waals surface area contributed by atoms with Crippen molar-refractivity contribution >= 4 is 18.3 Å². The zero-order chi connectivity index (χ0) is 14.9. The lowest BCUT2D eigenvalue weighted by Gasteiger charge is -2.40. The maximum Gasteiger partial charge on any atom is 0.224 e. The number of hydrogen-bond donors (Lipinski definition) is 1. The normalized spacial score (nSPS) is 23.4. The van der Waals surface area contributed by atoms with Crippen molar-refractivity contribution in [2.45, 2.75) is 37.3 Å². The van der Waals surface area contributed by atoms with E-state index in [1.54, 1.807) is 23.1 Å². The lowest BCUT2D eigenvalue weighted by Crippen LogP contribution is -2.52. The van der Waals surface area contributed by atoms with Crippen LogP contribution in [0.3, 0.4) is 0 Å². The first-order chi connectivity index (χ1) is 10.1. The molecule has 0 aromatic heterocycles. The molecule has 22 heavy (non-hydrogen) atoms. The molecule has 1 atom stereocenters. The number of nitrogens with zero attached hydrogens (tertiary/aromatic N) is 1. The van der Waals surface area contributed by atoms with Gasteiger partial charge in [0.2, 0.25) is 5.91 Å². The Kier molecular flexibility index (Phi) is 5.42. The van der Waals surface area contributed by atoms with E-state index in [0.29, 0.717) is 31.7 Å². The van der Waals surface area contributed by atoms with Crippen LogP contribution in [0.25, 0.3) is 0 Å². The summed E-state index contributed by atoms with van der Waals surface area (Å²) in [4.78, 5) is 14.1. The van der Waals surface area contributed by atoms with Crippen LogP contribution in [0, 0.1) is 5.82 Å². The number of nitrogens with two attached hydrogens (primary N) is 1. The van der Waals surface area contributed by atoms with Gasteiger partial charge >= 0.3 is 0 Å². The van der Waals surface area contributed by atoms with E-state index < -0.39 is 0 Å². The number of ether oxygens (including phenoxy) is 1. The molecule has 2 aliphatic rings. The number of benzene rings is 1. The first-order valence-corrected chi connectivity index (χ1v) is 7.50. The Morgan fingerprint density at radius 2 is 2.14 bits per heavy atom. The topological polar surface area (TPSA) is 55.6 Å². The molecule has 2 N–H and O–H groups in total. The van der Waals surface area contributed by atoms with Crippen molar-refractivity contribution < 1.29 is 13.9 Å². The second-order valence-corrected chi connectivity index (χ2v) is 6.11. The summed E-state index contributed by atoms with van der Waals surface area (Å²) in [5.74, 6) is -0.229. The Morgan fingerprint density at radius 3 is 2.77 bits per heavy atom. The Bertz CT molecular complexity index is 537. The van der Waals surface area contributed by atoms with Crippen LogP contribution in [0.4, 0.5) is 4.39 Å². The third-order valence-corrected chi connectivity index (χ3v) is 4.52. The predicted molar refractivity (Wildman–Crippen MR) is 84.3 cm³/mol. The Labute approximate surface area is 136 Å². The average Bonchev–Trinajstić information content (AvgIpc) is 2.46. The minimum Gasteiger partial charge on any atom is -0.370 e. The predicted octanol–water partition coefficient (Wildman–Crippen LogP) is 2.42. The Morgan fingerprint density at radius 1 is 1.41 bits per heavy atom. The third-order valence-electron chi connectivity index (χ3n) is 4.52. The zero-order valence-corrected chi connectivity index (χ0v) is 13.3. The van der Waals surface area contributed by atoms with Gasteiger partial charge in [0.25, 0.3) is 0 Å².